The first-order valence-electron chi connectivity index (χ1n) is 8.64. The van der Waals surface area contributed by atoms with E-state index in [1.165, 1.54) is 29.2 Å². The second-order valence-corrected chi connectivity index (χ2v) is 7.39. The van der Waals surface area contributed by atoms with E-state index in [4.69, 9.17) is 0 Å². The minimum Gasteiger partial charge on any atom is -0.261 e. The van der Waals surface area contributed by atoms with Gasteiger partial charge in [-0.25, -0.2) is 4.68 Å². The summed E-state index contributed by atoms with van der Waals surface area (Å²) in [5.41, 5.74) is 5.03. The molecule has 0 saturated carbocycles. The zero-order valence-electron chi connectivity index (χ0n) is 16.0. The Morgan fingerprint density at radius 3 is 2.39 bits per heavy atom. The number of hydrogen-bond acceptors (Lipinski definition) is 3. The maximum absolute atomic E-state index is 12.9. The van der Waals surface area contributed by atoms with E-state index in [2.05, 4.69) is 29.2 Å². The summed E-state index contributed by atoms with van der Waals surface area (Å²) in [6, 6.07) is 9.32. The molecule has 3 rings (SSSR count). The third kappa shape index (κ3) is 4.09. The molecule has 1 heterocycles. The summed E-state index contributed by atoms with van der Waals surface area (Å²) >= 11 is 1.43. The van der Waals surface area contributed by atoms with E-state index in [1.807, 2.05) is 19.2 Å². The summed E-state index contributed by atoms with van der Waals surface area (Å²) in [5.74, 6) is 0. The predicted octanol–water partition coefficient (Wildman–Crippen LogP) is 5.57. The molecule has 0 bridgehead atoms. The third-order valence-corrected chi connectivity index (χ3v) is 5.44. The lowest BCUT2D eigenvalue weighted by Crippen LogP contribution is -2.12. The number of aromatic nitrogens is 1. The van der Waals surface area contributed by atoms with Crippen LogP contribution in [0.3, 0.4) is 0 Å². The van der Waals surface area contributed by atoms with Crippen molar-refractivity contribution in [3.8, 4) is 11.3 Å². The van der Waals surface area contributed by atoms with Gasteiger partial charge in [0.2, 0.25) is 4.80 Å². The number of nitrogens with zero attached hydrogens (tertiary/aromatic N) is 3. The molecular formula is C21H20F3N3S. The Kier molecular flexibility index (Phi) is 5.56. The summed E-state index contributed by atoms with van der Waals surface area (Å²) in [7, 11) is 1.67. The van der Waals surface area contributed by atoms with Crippen LogP contribution in [0.15, 0.2) is 51.9 Å². The highest BCUT2D eigenvalue weighted by molar-refractivity contribution is 7.07. The highest BCUT2D eigenvalue weighted by Crippen LogP contribution is 2.29. The third-order valence-electron chi connectivity index (χ3n) is 4.53. The van der Waals surface area contributed by atoms with Gasteiger partial charge in [-0.1, -0.05) is 18.2 Å². The summed E-state index contributed by atoms with van der Waals surface area (Å²) in [6.45, 7) is 6.14. The van der Waals surface area contributed by atoms with E-state index in [9.17, 15) is 13.2 Å². The van der Waals surface area contributed by atoms with Crippen LogP contribution in [0.4, 0.5) is 13.2 Å². The van der Waals surface area contributed by atoms with Crippen LogP contribution in [0.25, 0.3) is 11.3 Å². The quantitative estimate of drug-likeness (QED) is 0.512. The zero-order chi connectivity index (χ0) is 20.5. The van der Waals surface area contributed by atoms with Crippen molar-refractivity contribution in [3.05, 3.63) is 74.4 Å². The van der Waals surface area contributed by atoms with E-state index in [1.54, 1.807) is 17.8 Å². The first kappa shape index (κ1) is 20.1. The van der Waals surface area contributed by atoms with Crippen LogP contribution in [0.5, 0.6) is 0 Å². The van der Waals surface area contributed by atoms with Gasteiger partial charge in [0, 0.05) is 18.0 Å². The average Bonchev–Trinajstić information content (AvgIpc) is 3.05. The van der Waals surface area contributed by atoms with Gasteiger partial charge in [0.1, 0.15) is 0 Å². The highest BCUT2D eigenvalue weighted by atomic mass is 32.1. The summed E-state index contributed by atoms with van der Waals surface area (Å²) in [6.07, 6.45) is -2.96. The van der Waals surface area contributed by atoms with Crippen molar-refractivity contribution in [2.75, 3.05) is 7.05 Å². The van der Waals surface area contributed by atoms with E-state index in [0.29, 0.717) is 10.4 Å². The molecule has 28 heavy (non-hydrogen) atoms. The Hall–Kier alpha value is -2.67. The fourth-order valence-corrected chi connectivity index (χ4v) is 3.70. The maximum Gasteiger partial charge on any atom is 0.416 e. The van der Waals surface area contributed by atoms with E-state index >= 15 is 0 Å². The fraction of sp³-hybridized carbons (Fsp3) is 0.238. The lowest BCUT2D eigenvalue weighted by molar-refractivity contribution is -0.137. The molecule has 3 aromatic rings. The maximum atomic E-state index is 12.9. The molecule has 7 heteroatoms. The summed E-state index contributed by atoms with van der Waals surface area (Å²) < 4.78 is 40.5. The molecule has 0 unspecified atom stereocenters. The number of alkyl halides is 3. The number of benzene rings is 2. The first-order chi connectivity index (χ1) is 13.2. The minimum absolute atomic E-state index is 0.373. The highest BCUT2D eigenvalue weighted by Gasteiger charge is 2.30. The van der Waals surface area contributed by atoms with Gasteiger partial charge in [0.05, 0.1) is 17.5 Å². The molecule has 146 valence electrons. The topological polar surface area (TPSA) is 29.6 Å². The van der Waals surface area contributed by atoms with Crippen molar-refractivity contribution in [2.24, 2.45) is 10.1 Å². The fourth-order valence-electron chi connectivity index (χ4n) is 2.90. The molecule has 3 nitrogen and oxygen atoms in total. The molecule has 2 aromatic carbocycles. The molecule has 0 aliphatic carbocycles. The second-order valence-electron chi connectivity index (χ2n) is 6.56. The number of aryl methyl sites for hydroxylation is 3. The monoisotopic (exact) mass is 403 g/mol. The van der Waals surface area contributed by atoms with Crippen LogP contribution in [0.1, 0.15) is 27.8 Å². The standard InChI is InChI=1S/C21H20F3N3S/c1-13-8-15(3)18(9-14(13)2)19-12-28-20(25-4)27(19)26-11-16-6-5-7-17(10-16)21(22,23)24/h5-12H,1-4H3. The molecular weight excluding hydrogens is 383 g/mol. The van der Waals surface area contributed by atoms with Gasteiger partial charge in [-0.05, 0) is 61.2 Å². The number of hydrogen-bond donors (Lipinski definition) is 0. The molecule has 1 aromatic heterocycles. The zero-order valence-corrected chi connectivity index (χ0v) is 16.8. The van der Waals surface area contributed by atoms with Crippen LogP contribution >= 0.6 is 11.3 Å². The van der Waals surface area contributed by atoms with Crippen molar-refractivity contribution in [1.82, 2.24) is 4.68 Å². The van der Waals surface area contributed by atoms with E-state index in [-0.39, 0.29) is 0 Å². The molecule has 0 spiro atoms. The molecule has 0 fully saturated rings. The van der Waals surface area contributed by atoms with Crippen molar-refractivity contribution in [2.45, 2.75) is 26.9 Å². The lowest BCUT2D eigenvalue weighted by atomic mass is 9.99. The molecule has 0 amide bonds. The van der Waals surface area contributed by atoms with Gasteiger partial charge >= 0.3 is 6.18 Å². The molecule has 0 N–H and O–H groups in total. The van der Waals surface area contributed by atoms with Crippen LogP contribution in [0.2, 0.25) is 0 Å². The average molecular weight is 403 g/mol. The Bertz CT molecular complexity index is 1100. The number of rotatable bonds is 3. The van der Waals surface area contributed by atoms with Crippen molar-refractivity contribution in [1.29, 1.82) is 0 Å². The van der Waals surface area contributed by atoms with Crippen LogP contribution in [0, 0.1) is 20.8 Å². The Balaban J connectivity index is 2.08. The van der Waals surface area contributed by atoms with Gasteiger partial charge in [0.15, 0.2) is 0 Å². The number of halogens is 3. The van der Waals surface area contributed by atoms with Crippen molar-refractivity contribution in [3.63, 3.8) is 0 Å². The smallest absolute Gasteiger partial charge is 0.261 e. The van der Waals surface area contributed by atoms with Gasteiger partial charge in [-0.15, -0.1) is 11.3 Å². The summed E-state index contributed by atoms with van der Waals surface area (Å²) in [4.78, 5) is 4.91. The first-order valence-corrected chi connectivity index (χ1v) is 9.52. The summed E-state index contributed by atoms with van der Waals surface area (Å²) in [5, 5.41) is 6.40. The molecule has 0 aliphatic heterocycles. The van der Waals surface area contributed by atoms with Crippen LogP contribution < -0.4 is 4.80 Å². The molecule has 0 saturated heterocycles. The van der Waals surface area contributed by atoms with Crippen molar-refractivity contribution >= 4 is 17.6 Å². The largest absolute Gasteiger partial charge is 0.416 e. The Labute approximate surface area is 165 Å². The number of thiazole rings is 1. The SMILES string of the molecule is CN=c1scc(-c2cc(C)c(C)cc2C)n1N=Cc1cccc(C(F)(F)F)c1. The van der Waals surface area contributed by atoms with Gasteiger partial charge in [-0.2, -0.15) is 18.3 Å². The second kappa shape index (κ2) is 7.75. The molecule has 0 atom stereocenters. The van der Waals surface area contributed by atoms with Crippen LogP contribution in [-0.4, -0.2) is 17.9 Å². The van der Waals surface area contributed by atoms with E-state index in [0.717, 1.165) is 34.5 Å². The lowest BCUT2D eigenvalue weighted by Gasteiger charge is -2.10. The minimum atomic E-state index is -4.38. The van der Waals surface area contributed by atoms with E-state index < -0.39 is 11.7 Å². The van der Waals surface area contributed by atoms with Gasteiger partial charge in [-0.3, -0.25) is 4.99 Å². The van der Waals surface area contributed by atoms with Crippen LogP contribution in [-0.2, 0) is 6.18 Å². The molecule has 0 radical (unpaired) electrons. The predicted molar refractivity (Wildman–Crippen MR) is 108 cm³/mol. The Morgan fingerprint density at radius 1 is 1.00 bits per heavy atom. The Morgan fingerprint density at radius 2 is 1.71 bits per heavy atom. The van der Waals surface area contributed by atoms with Crippen molar-refractivity contribution < 1.29 is 13.2 Å². The van der Waals surface area contributed by atoms with Gasteiger partial charge in [0.25, 0.3) is 0 Å². The molecule has 0 aliphatic rings. The van der Waals surface area contributed by atoms with Gasteiger partial charge < -0.3 is 0 Å². The normalized spacial score (nSPS) is 12.9.